The molecule has 3 aromatic rings. The van der Waals surface area contributed by atoms with Crippen molar-refractivity contribution in [2.75, 3.05) is 11.4 Å². The zero-order valence-electron chi connectivity index (χ0n) is 21.9. The zero-order chi connectivity index (χ0) is 26.8. The van der Waals surface area contributed by atoms with Crippen molar-refractivity contribution >= 4 is 21.7 Å². The molecule has 8 nitrogen and oxygen atoms in total. The maximum atomic E-state index is 13.2. The number of ether oxygens (including phenoxy) is 1. The Bertz CT molecular complexity index is 1370. The highest BCUT2D eigenvalue weighted by atomic mass is 32.2. The number of amides is 1. The number of pyridine rings is 2. The zero-order valence-corrected chi connectivity index (χ0v) is 22.7. The smallest absolute Gasteiger partial charge is 0.281 e. The summed E-state index contributed by atoms with van der Waals surface area (Å²) in [4.78, 5) is 23.8. The van der Waals surface area contributed by atoms with Crippen LogP contribution in [0.2, 0.25) is 0 Å². The minimum absolute atomic E-state index is 0.151. The molecule has 4 rings (SSSR count). The lowest BCUT2D eigenvalue weighted by atomic mass is 9.97. The topological polar surface area (TPSA) is 101 Å². The van der Waals surface area contributed by atoms with Gasteiger partial charge in [-0.3, -0.25) is 4.79 Å². The Morgan fingerprint density at radius 1 is 1.14 bits per heavy atom. The van der Waals surface area contributed by atoms with Gasteiger partial charge in [-0.2, -0.15) is 13.4 Å². The third kappa shape index (κ3) is 6.10. The van der Waals surface area contributed by atoms with Crippen molar-refractivity contribution in [3.05, 3.63) is 77.5 Å². The van der Waals surface area contributed by atoms with E-state index in [1.54, 1.807) is 24.4 Å². The van der Waals surface area contributed by atoms with Gasteiger partial charge in [-0.15, -0.1) is 0 Å². The summed E-state index contributed by atoms with van der Waals surface area (Å²) in [6, 6.07) is 15.7. The highest BCUT2D eigenvalue weighted by Gasteiger charge is 2.39. The van der Waals surface area contributed by atoms with Gasteiger partial charge < -0.3 is 9.64 Å². The van der Waals surface area contributed by atoms with Crippen molar-refractivity contribution in [1.82, 2.24) is 14.7 Å². The minimum atomic E-state index is -4.25. The molecule has 0 radical (unpaired) electrons. The van der Waals surface area contributed by atoms with Crippen molar-refractivity contribution < 1.29 is 17.9 Å². The molecule has 1 unspecified atom stereocenters. The van der Waals surface area contributed by atoms with Crippen LogP contribution in [0.25, 0.3) is 0 Å². The number of carbonyl (C=O) groups excluding carboxylic acids is 1. The third-order valence-electron chi connectivity index (χ3n) is 6.59. The Hall–Kier alpha value is -3.46. The molecule has 1 aliphatic rings. The van der Waals surface area contributed by atoms with Crippen molar-refractivity contribution in [2.45, 2.75) is 64.1 Å². The molecule has 1 saturated heterocycles. The van der Waals surface area contributed by atoms with Gasteiger partial charge in [0.2, 0.25) is 5.88 Å². The predicted octanol–water partition coefficient (Wildman–Crippen LogP) is 4.92. The van der Waals surface area contributed by atoms with E-state index in [1.165, 1.54) is 17.7 Å². The van der Waals surface area contributed by atoms with Crippen LogP contribution in [0.4, 0.5) is 5.82 Å². The summed E-state index contributed by atoms with van der Waals surface area (Å²) in [5.74, 6) is 0.728. The van der Waals surface area contributed by atoms with Gasteiger partial charge in [0, 0.05) is 24.3 Å². The first-order chi connectivity index (χ1) is 17.5. The largest absolute Gasteiger partial charge is 0.473 e. The Balaban J connectivity index is 1.49. The van der Waals surface area contributed by atoms with Crippen LogP contribution >= 0.6 is 0 Å². The summed E-state index contributed by atoms with van der Waals surface area (Å²) in [5.41, 5.74) is 2.16. The Morgan fingerprint density at radius 2 is 1.86 bits per heavy atom. The first-order valence-corrected chi connectivity index (χ1v) is 13.9. The molecule has 1 aliphatic heterocycles. The molecule has 1 fully saturated rings. The number of anilines is 1. The van der Waals surface area contributed by atoms with E-state index in [2.05, 4.69) is 54.2 Å². The molecule has 0 saturated carbocycles. The monoisotopic (exact) mass is 522 g/mol. The maximum Gasteiger partial charge on any atom is 0.281 e. The average molecular weight is 523 g/mol. The predicted molar refractivity (Wildman–Crippen MR) is 143 cm³/mol. The molecule has 37 heavy (non-hydrogen) atoms. The summed E-state index contributed by atoms with van der Waals surface area (Å²) in [6.07, 6.45) is 2.56. The van der Waals surface area contributed by atoms with E-state index in [-0.39, 0.29) is 28.6 Å². The van der Waals surface area contributed by atoms with Crippen molar-refractivity contribution in [2.24, 2.45) is 5.92 Å². The summed E-state index contributed by atoms with van der Waals surface area (Å²) < 4.78 is 34.0. The molecule has 1 atom stereocenters. The molecule has 196 valence electrons. The van der Waals surface area contributed by atoms with E-state index in [0.29, 0.717) is 17.7 Å². The number of sulfonamides is 1. The summed E-state index contributed by atoms with van der Waals surface area (Å²) >= 11 is 0. The van der Waals surface area contributed by atoms with Crippen molar-refractivity contribution in [1.29, 1.82) is 0 Å². The van der Waals surface area contributed by atoms with E-state index < -0.39 is 15.9 Å². The van der Waals surface area contributed by atoms with E-state index in [9.17, 15) is 13.2 Å². The Morgan fingerprint density at radius 3 is 2.51 bits per heavy atom. The molecule has 9 heteroatoms. The Kier molecular flexibility index (Phi) is 7.54. The summed E-state index contributed by atoms with van der Waals surface area (Å²) in [7, 11) is -4.25. The highest BCUT2D eigenvalue weighted by molar-refractivity contribution is 7.90. The lowest BCUT2D eigenvalue weighted by Gasteiger charge is -2.33. The van der Waals surface area contributed by atoms with Crippen LogP contribution in [-0.4, -0.2) is 36.4 Å². The molecule has 0 bridgehead atoms. The molecule has 0 spiro atoms. The van der Waals surface area contributed by atoms with Crippen LogP contribution in [0, 0.1) is 5.92 Å². The van der Waals surface area contributed by atoms with E-state index in [1.807, 2.05) is 24.3 Å². The van der Waals surface area contributed by atoms with Gasteiger partial charge in [0.1, 0.15) is 12.4 Å². The first-order valence-electron chi connectivity index (χ1n) is 12.4. The number of nitrogens with one attached hydrogen (secondary N) is 1. The van der Waals surface area contributed by atoms with Gasteiger partial charge in [-0.05, 0) is 61.4 Å². The summed E-state index contributed by atoms with van der Waals surface area (Å²) in [6.45, 7) is 11.6. The van der Waals surface area contributed by atoms with Gasteiger partial charge in [-0.1, -0.05) is 51.1 Å². The lowest BCUT2D eigenvalue weighted by molar-refractivity contribution is 0.0981. The number of rotatable bonds is 8. The van der Waals surface area contributed by atoms with Crippen LogP contribution in [0.3, 0.4) is 0 Å². The van der Waals surface area contributed by atoms with Crippen LogP contribution in [0.5, 0.6) is 5.88 Å². The average Bonchev–Trinajstić information content (AvgIpc) is 3.14. The second-order valence-corrected chi connectivity index (χ2v) is 12.2. The van der Waals surface area contributed by atoms with Crippen LogP contribution in [0.15, 0.2) is 65.8 Å². The van der Waals surface area contributed by atoms with E-state index in [0.717, 1.165) is 18.5 Å². The molecule has 2 aromatic heterocycles. The van der Waals surface area contributed by atoms with Crippen LogP contribution in [0.1, 0.15) is 68.4 Å². The number of hydrogen-bond acceptors (Lipinski definition) is 7. The molecular weight excluding hydrogens is 488 g/mol. The number of nitrogens with zero attached hydrogens (tertiary/aromatic N) is 3. The highest BCUT2D eigenvalue weighted by Crippen LogP contribution is 2.37. The maximum absolute atomic E-state index is 13.2. The third-order valence-corrected chi connectivity index (χ3v) is 7.83. The molecule has 1 N–H and O–H groups in total. The van der Waals surface area contributed by atoms with E-state index in [4.69, 9.17) is 4.74 Å². The van der Waals surface area contributed by atoms with Gasteiger partial charge >= 0.3 is 0 Å². The van der Waals surface area contributed by atoms with Gasteiger partial charge in [0.15, 0.2) is 5.03 Å². The molecule has 1 aromatic carbocycles. The number of carbonyl (C=O) groups is 1. The van der Waals surface area contributed by atoms with Crippen LogP contribution < -0.4 is 14.4 Å². The quantitative estimate of drug-likeness (QED) is 0.448. The fourth-order valence-corrected chi connectivity index (χ4v) is 5.69. The first kappa shape index (κ1) is 26.6. The van der Waals surface area contributed by atoms with E-state index >= 15 is 0 Å². The van der Waals surface area contributed by atoms with Crippen LogP contribution in [-0.2, 0) is 16.6 Å². The second-order valence-electron chi connectivity index (χ2n) is 10.5. The molecule has 1 amide bonds. The fourth-order valence-electron chi connectivity index (χ4n) is 4.76. The fraction of sp³-hybridized carbons (Fsp3) is 0.393. The van der Waals surface area contributed by atoms with Gasteiger partial charge in [-0.25, -0.2) is 9.71 Å². The summed E-state index contributed by atoms with van der Waals surface area (Å²) in [5, 5.41) is -0.297. The number of hydrogen-bond donors (Lipinski definition) is 1. The van der Waals surface area contributed by atoms with Gasteiger partial charge in [0.05, 0.1) is 5.56 Å². The normalized spacial score (nSPS) is 17.1. The Labute approximate surface area is 219 Å². The minimum Gasteiger partial charge on any atom is -0.473 e. The standard InChI is InChI=1S/C28H34N4O4S/c1-19(2)22-13-11-21(12-14-22)18-36-24-9-6-10-25(30-24)37(34,35)31-27(33)23-8-7-15-29-26(23)32-17-20(3)16-28(32,4)5/h6-15,19-20H,16-18H2,1-5H3,(H,31,33). The number of aromatic nitrogens is 2. The second kappa shape index (κ2) is 10.5. The number of benzene rings is 1. The van der Waals surface area contributed by atoms with Gasteiger partial charge in [0.25, 0.3) is 15.9 Å². The molecule has 0 aliphatic carbocycles. The molecule has 3 heterocycles. The van der Waals surface area contributed by atoms with Crippen molar-refractivity contribution in [3.63, 3.8) is 0 Å². The SMILES string of the molecule is CC1CN(c2ncccc2C(=O)NS(=O)(=O)c2cccc(OCc3ccc(C(C)C)cc3)n2)C(C)(C)C1. The lowest BCUT2D eigenvalue weighted by Crippen LogP contribution is -2.41. The molecular formula is C28H34N4O4S. The van der Waals surface area contributed by atoms with Crippen molar-refractivity contribution in [3.8, 4) is 5.88 Å².